The molecule has 4 N–H and O–H groups in total. The van der Waals surface area contributed by atoms with Crippen LogP contribution < -0.4 is 10.1 Å². The quantitative estimate of drug-likeness (QED) is 0.282. The highest BCUT2D eigenvalue weighted by molar-refractivity contribution is 7.56. The van der Waals surface area contributed by atoms with Gasteiger partial charge in [0, 0.05) is 5.56 Å². The molecule has 0 radical (unpaired) electrons. The van der Waals surface area contributed by atoms with Gasteiger partial charge in [0.1, 0.15) is 22.7 Å². The Bertz CT molecular complexity index is 862. The SMILES string of the molecule is C/C=C1\C=C(P(=O)(O)O)NC1C=C/C=C(\C)Oc1ccc(O)c(C(C)C)c1.CC. The number of ether oxygens (including phenoxy) is 1. The number of hydrogen-bond acceptors (Lipinski definition) is 4. The lowest BCUT2D eigenvalue weighted by molar-refractivity contribution is 0.379. The van der Waals surface area contributed by atoms with Gasteiger partial charge in [-0.1, -0.05) is 45.9 Å². The second-order valence-electron chi connectivity index (χ2n) is 6.62. The minimum absolute atomic E-state index is 0.0764. The van der Waals surface area contributed by atoms with Crippen molar-refractivity contribution in [3.8, 4) is 11.5 Å². The molecule has 1 aromatic carbocycles. The molecular weight excluding hydrogens is 389 g/mol. The largest absolute Gasteiger partial charge is 0.508 e. The Labute approximate surface area is 173 Å². The summed E-state index contributed by atoms with van der Waals surface area (Å²) in [6.07, 6.45) is 8.63. The van der Waals surface area contributed by atoms with Crippen LogP contribution in [0.25, 0.3) is 0 Å². The molecule has 0 aliphatic carbocycles. The molecule has 2 rings (SSSR count). The predicted molar refractivity (Wildman–Crippen MR) is 118 cm³/mol. The van der Waals surface area contributed by atoms with Crippen molar-refractivity contribution in [2.75, 3.05) is 0 Å². The van der Waals surface area contributed by atoms with Gasteiger partial charge in [0.2, 0.25) is 0 Å². The van der Waals surface area contributed by atoms with Crippen molar-refractivity contribution >= 4 is 7.60 Å². The highest BCUT2D eigenvalue weighted by Crippen LogP contribution is 2.46. The summed E-state index contributed by atoms with van der Waals surface area (Å²) in [5.41, 5.74) is 1.53. The molecule has 0 saturated heterocycles. The third-order valence-corrected chi connectivity index (χ3v) is 5.03. The summed E-state index contributed by atoms with van der Waals surface area (Å²) in [6.45, 7) is 11.6. The van der Waals surface area contributed by atoms with E-state index in [2.05, 4.69) is 5.32 Å². The maximum absolute atomic E-state index is 11.4. The van der Waals surface area contributed by atoms with Gasteiger partial charge in [-0.25, -0.2) is 0 Å². The van der Waals surface area contributed by atoms with Gasteiger partial charge >= 0.3 is 7.60 Å². The van der Waals surface area contributed by atoms with Gasteiger partial charge in [-0.05, 0) is 55.7 Å². The molecule has 29 heavy (non-hydrogen) atoms. The van der Waals surface area contributed by atoms with Crippen molar-refractivity contribution in [1.82, 2.24) is 5.32 Å². The third-order valence-electron chi connectivity index (χ3n) is 4.15. The molecule has 1 aliphatic rings. The number of nitrogens with one attached hydrogen (secondary N) is 1. The maximum Gasteiger partial charge on any atom is 0.371 e. The van der Waals surface area contributed by atoms with Gasteiger partial charge in [0.25, 0.3) is 0 Å². The number of aromatic hydroxyl groups is 1. The van der Waals surface area contributed by atoms with Crippen LogP contribution in [0.1, 0.15) is 53.0 Å². The molecule has 1 atom stereocenters. The molecule has 0 bridgehead atoms. The lowest BCUT2D eigenvalue weighted by Crippen LogP contribution is -2.21. The molecule has 1 aromatic rings. The Morgan fingerprint density at radius 1 is 1.28 bits per heavy atom. The van der Waals surface area contributed by atoms with Gasteiger partial charge in [0.15, 0.2) is 0 Å². The van der Waals surface area contributed by atoms with Crippen molar-refractivity contribution < 1.29 is 24.2 Å². The fraction of sp³-hybridized carbons (Fsp3) is 0.364. The van der Waals surface area contributed by atoms with Crippen LogP contribution >= 0.6 is 7.60 Å². The van der Waals surface area contributed by atoms with Crippen molar-refractivity contribution in [3.05, 3.63) is 70.9 Å². The summed E-state index contributed by atoms with van der Waals surface area (Å²) in [5.74, 6) is 1.71. The zero-order valence-corrected chi connectivity index (χ0v) is 18.8. The van der Waals surface area contributed by atoms with Crippen LogP contribution in [0.5, 0.6) is 11.5 Å². The normalized spacial score (nSPS) is 18.5. The molecule has 1 heterocycles. The molecule has 0 fully saturated rings. The number of phenols is 1. The molecule has 7 heteroatoms. The molecule has 0 spiro atoms. The van der Waals surface area contributed by atoms with E-state index < -0.39 is 7.60 Å². The molecule has 1 unspecified atom stereocenters. The van der Waals surface area contributed by atoms with Crippen molar-refractivity contribution in [1.29, 1.82) is 0 Å². The maximum atomic E-state index is 11.4. The Morgan fingerprint density at radius 2 is 1.93 bits per heavy atom. The fourth-order valence-corrected chi connectivity index (χ4v) is 3.33. The standard InChI is InChI=1S/C20H26NO5P.C2H6/c1-5-15-11-20(27(23,24)25)21-18(15)8-6-7-14(4)26-16-9-10-19(22)17(12-16)13(2)3;1-2/h5-13,18,21-22H,1-4H3,(H2,23,24,25);1-2H3/b8-6?,14-7+,15-5+;. The Morgan fingerprint density at radius 3 is 2.48 bits per heavy atom. The lowest BCUT2D eigenvalue weighted by Gasteiger charge is -2.12. The van der Waals surface area contributed by atoms with Crippen LogP contribution in [0.2, 0.25) is 0 Å². The summed E-state index contributed by atoms with van der Waals surface area (Å²) < 4.78 is 17.2. The fourth-order valence-electron chi connectivity index (χ4n) is 2.70. The second-order valence-corrected chi connectivity index (χ2v) is 8.19. The summed E-state index contributed by atoms with van der Waals surface area (Å²) in [4.78, 5) is 18.6. The minimum atomic E-state index is -4.30. The smallest absolute Gasteiger partial charge is 0.371 e. The van der Waals surface area contributed by atoms with Crippen LogP contribution in [0.15, 0.2) is 65.3 Å². The predicted octanol–water partition coefficient (Wildman–Crippen LogP) is 5.32. The molecular formula is C22H32NO5P. The summed E-state index contributed by atoms with van der Waals surface area (Å²) in [7, 11) is -4.30. The van der Waals surface area contributed by atoms with Crippen LogP contribution in [0.4, 0.5) is 0 Å². The first-order valence-corrected chi connectivity index (χ1v) is 11.3. The highest BCUT2D eigenvalue weighted by atomic mass is 31.2. The van der Waals surface area contributed by atoms with Crippen molar-refractivity contribution in [2.45, 2.75) is 53.5 Å². The summed E-state index contributed by atoms with van der Waals surface area (Å²) in [5, 5.41) is 12.7. The Balaban J connectivity index is 0.00000204. The van der Waals surface area contributed by atoms with E-state index in [9.17, 15) is 19.5 Å². The molecule has 1 aliphatic heterocycles. The van der Waals surface area contributed by atoms with Crippen LogP contribution in [-0.2, 0) is 4.57 Å². The molecule has 160 valence electrons. The number of benzene rings is 1. The van der Waals surface area contributed by atoms with Crippen LogP contribution in [0.3, 0.4) is 0 Å². The van der Waals surface area contributed by atoms with Gasteiger partial charge in [0.05, 0.1) is 6.04 Å². The van der Waals surface area contributed by atoms with E-state index >= 15 is 0 Å². The van der Waals surface area contributed by atoms with E-state index in [4.69, 9.17) is 4.74 Å². The number of hydrogen-bond donors (Lipinski definition) is 4. The van der Waals surface area contributed by atoms with Crippen molar-refractivity contribution in [3.63, 3.8) is 0 Å². The molecule has 0 amide bonds. The monoisotopic (exact) mass is 421 g/mol. The number of phenolic OH excluding ortho intramolecular Hbond substituents is 1. The molecule has 0 saturated carbocycles. The number of allylic oxidation sites excluding steroid dienone is 4. The average Bonchev–Trinajstić information content (AvgIpc) is 3.08. The Hall–Kier alpha value is -2.27. The lowest BCUT2D eigenvalue weighted by atomic mass is 10.0. The van der Waals surface area contributed by atoms with Gasteiger partial charge in [-0.3, -0.25) is 4.57 Å². The zero-order valence-electron chi connectivity index (χ0n) is 17.9. The first-order chi connectivity index (χ1) is 13.6. The minimum Gasteiger partial charge on any atom is -0.508 e. The second kappa shape index (κ2) is 11.1. The molecule has 6 nitrogen and oxygen atoms in total. The van der Waals surface area contributed by atoms with E-state index in [0.717, 1.165) is 11.1 Å². The van der Waals surface area contributed by atoms with Crippen molar-refractivity contribution in [2.24, 2.45) is 0 Å². The highest BCUT2D eigenvalue weighted by Gasteiger charge is 2.29. The van der Waals surface area contributed by atoms with E-state index in [1.54, 1.807) is 30.4 Å². The van der Waals surface area contributed by atoms with Gasteiger partial charge in [-0.15, -0.1) is 0 Å². The first-order valence-electron chi connectivity index (χ1n) is 9.68. The van der Waals surface area contributed by atoms with E-state index in [1.807, 2.05) is 53.7 Å². The topological polar surface area (TPSA) is 99.0 Å². The van der Waals surface area contributed by atoms with Crippen LogP contribution in [-0.4, -0.2) is 20.9 Å². The van der Waals surface area contributed by atoms with E-state index in [-0.39, 0.29) is 23.1 Å². The van der Waals surface area contributed by atoms with Gasteiger partial charge in [-0.2, -0.15) is 0 Å². The van der Waals surface area contributed by atoms with E-state index in [1.165, 1.54) is 6.08 Å². The number of rotatable bonds is 6. The van der Waals surface area contributed by atoms with Crippen LogP contribution in [0, 0.1) is 0 Å². The zero-order chi connectivity index (χ0) is 22.2. The van der Waals surface area contributed by atoms with Gasteiger partial charge < -0.3 is 24.9 Å². The Kier molecular flexibility index (Phi) is 9.44. The first kappa shape index (κ1) is 24.8. The third kappa shape index (κ3) is 7.24. The molecule has 0 aromatic heterocycles. The average molecular weight is 421 g/mol. The summed E-state index contributed by atoms with van der Waals surface area (Å²) in [6, 6.07) is 4.83. The van der Waals surface area contributed by atoms with E-state index in [0.29, 0.717) is 11.5 Å². The summed E-state index contributed by atoms with van der Waals surface area (Å²) >= 11 is 0.